The van der Waals surface area contributed by atoms with Gasteiger partial charge in [-0.05, 0) is 42.5 Å². The predicted octanol–water partition coefficient (Wildman–Crippen LogP) is 2.25. The van der Waals surface area contributed by atoms with E-state index in [1.807, 2.05) is 0 Å². The Kier molecular flexibility index (Phi) is 9.21. The van der Waals surface area contributed by atoms with Gasteiger partial charge in [-0.1, -0.05) is 13.8 Å². The number of sulfonamides is 1. The van der Waals surface area contributed by atoms with E-state index in [0.29, 0.717) is 5.69 Å². The molecule has 0 atom stereocenters. The molecule has 0 saturated carbocycles. The minimum Gasteiger partial charge on any atom is -0.452 e. The molecule has 2 aromatic rings. The minimum atomic E-state index is -3.94. The van der Waals surface area contributed by atoms with Crippen molar-refractivity contribution in [3.63, 3.8) is 0 Å². The lowest BCUT2D eigenvalue weighted by Crippen LogP contribution is -2.37. The van der Waals surface area contributed by atoms with Crippen molar-refractivity contribution in [3.8, 4) is 0 Å². The Labute approximate surface area is 196 Å². The highest BCUT2D eigenvalue weighted by Gasteiger charge is 2.25. The number of rotatable bonds is 10. The third kappa shape index (κ3) is 6.81. The summed E-state index contributed by atoms with van der Waals surface area (Å²) in [6.45, 7) is 2.46. The maximum Gasteiger partial charge on any atom is 0.341 e. The summed E-state index contributed by atoms with van der Waals surface area (Å²) >= 11 is 0. The summed E-state index contributed by atoms with van der Waals surface area (Å²) in [6, 6.07) is 7.74. The number of likely N-dealkylation sites (N-methyl/N-ethyl adjacent to an activating group) is 1. The molecule has 0 heterocycles. The van der Waals surface area contributed by atoms with Crippen LogP contribution < -0.4 is 5.32 Å². The van der Waals surface area contributed by atoms with Crippen molar-refractivity contribution in [2.75, 3.05) is 38.6 Å². The van der Waals surface area contributed by atoms with Crippen molar-refractivity contribution in [1.29, 1.82) is 0 Å². The van der Waals surface area contributed by atoms with Gasteiger partial charge in [0.15, 0.2) is 6.61 Å². The van der Waals surface area contributed by atoms with Gasteiger partial charge in [0.25, 0.3) is 5.91 Å². The molecule has 2 rings (SSSR count). The molecule has 0 fully saturated rings. The second-order valence-electron chi connectivity index (χ2n) is 7.11. The van der Waals surface area contributed by atoms with Gasteiger partial charge in [-0.2, -0.15) is 4.31 Å². The average molecular weight is 498 g/mol. The largest absolute Gasteiger partial charge is 0.452 e. The van der Waals surface area contributed by atoms with Gasteiger partial charge in [-0.15, -0.1) is 0 Å². The van der Waals surface area contributed by atoms with Crippen LogP contribution in [0.4, 0.5) is 14.5 Å². The van der Waals surface area contributed by atoms with E-state index in [2.05, 4.69) is 5.32 Å². The van der Waals surface area contributed by atoms with Gasteiger partial charge in [0.05, 0.1) is 17.0 Å². The Hall–Kier alpha value is -3.38. The molecule has 1 N–H and O–H groups in total. The summed E-state index contributed by atoms with van der Waals surface area (Å²) in [4.78, 5) is 37.3. The fraction of sp³-hybridized carbons (Fsp3) is 0.318. The first kappa shape index (κ1) is 26.9. The summed E-state index contributed by atoms with van der Waals surface area (Å²) in [5.74, 6) is -4.04. The Morgan fingerprint density at radius 3 is 2.21 bits per heavy atom. The van der Waals surface area contributed by atoms with Crippen molar-refractivity contribution in [2.45, 2.75) is 18.7 Å². The lowest BCUT2D eigenvalue weighted by atomic mass is 10.2. The van der Waals surface area contributed by atoms with Gasteiger partial charge in [0.1, 0.15) is 11.6 Å². The lowest BCUT2D eigenvalue weighted by molar-refractivity contribution is -0.136. The van der Waals surface area contributed by atoms with Gasteiger partial charge in [-0.3, -0.25) is 9.59 Å². The van der Waals surface area contributed by atoms with Crippen LogP contribution in [0.5, 0.6) is 0 Å². The summed E-state index contributed by atoms with van der Waals surface area (Å²) < 4.78 is 58.3. The van der Waals surface area contributed by atoms with E-state index >= 15 is 0 Å². The molecule has 0 radical (unpaired) electrons. The number of hydrogen-bond donors (Lipinski definition) is 1. The first-order chi connectivity index (χ1) is 16.0. The highest BCUT2D eigenvalue weighted by Crippen LogP contribution is 2.20. The maximum atomic E-state index is 14.2. The van der Waals surface area contributed by atoms with Gasteiger partial charge in [0, 0.05) is 25.8 Å². The van der Waals surface area contributed by atoms with Crippen molar-refractivity contribution < 1.29 is 36.3 Å². The number of carbonyl (C=O) groups excluding carboxylic acids is 3. The quantitative estimate of drug-likeness (QED) is 0.504. The van der Waals surface area contributed by atoms with Crippen molar-refractivity contribution in [3.05, 3.63) is 59.7 Å². The second-order valence-corrected chi connectivity index (χ2v) is 9.05. The van der Waals surface area contributed by atoms with Gasteiger partial charge >= 0.3 is 5.97 Å². The minimum absolute atomic E-state index is 0.186. The molecular formula is C22H25F2N3O6S. The number of anilines is 1. The van der Waals surface area contributed by atoms with E-state index < -0.39 is 51.6 Å². The third-order valence-electron chi connectivity index (χ3n) is 4.76. The topological polar surface area (TPSA) is 113 Å². The zero-order valence-electron chi connectivity index (χ0n) is 18.9. The van der Waals surface area contributed by atoms with E-state index in [1.54, 1.807) is 13.8 Å². The fourth-order valence-electron chi connectivity index (χ4n) is 2.89. The van der Waals surface area contributed by atoms with E-state index in [-0.39, 0.29) is 24.5 Å². The van der Waals surface area contributed by atoms with Crippen LogP contribution in [0, 0.1) is 11.6 Å². The van der Waals surface area contributed by atoms with Crippen molar-refractivity contribution in [2.24, 2.45) is 0 Å². The number of ether oxygens (including phenoxy) is 1. The molecule has 12 heteroatoms. The molecular weight excluding hydrogens is 472 g/mol. The maximum absolute atomic E-state index is 14.2. The van der Waals surface area contributed by atoms with Crippen LogP contribution in [0.15, 0.2) is 47.4 Å². The molecule has 0 aliphatic carbocycles. The predicted molar refractivity (Wildman–Crippen MR) is 119 cm³/mol. The van der Waals surface area contributed by atoms with Crippen LogP contribution in [0.3, 0.4) is 0 Å². The number of halogens is 2. The Balaban J connectivity index is 1.99. The number of nitrogens with zero attached hydrogens (tertiary/aromatic N) is 2. The molecule has 2 amide bonds. The Bertz CT molecular complexity index is 1150. The first-order valence-corrected chi connectivity index (χ1v) is 11.7. The van der Waals surface area contributed by atoms with Gasteiger partial charge < -0.3 is 15.0 Å². The Morgan fingerprint density at radius 1 is 1.00 bits per heavy atom. The van der Waals surface area contributed by atoms with Gasteiger partial charge in [0.2, 0.25) is 15.9 Å². The number of carbonyl (C=O) groups is 3. The summed E-state index contributed by atoms with van der Waals surface area (Å²) in [7, 11) is -2.65. The molecule has 0 saturated heterocycles. The summed E-state index contributed by atoms with van der Waals surface area (Å²) in [6.07, 6.45) is 0. The van der Waals surface area contributed by atoms with E-state index in [4.69, 9.17) is 4.74 Å². The Morgan fingerprint density at radius 2 is 1.62 bits per heavy atom. The zero-order valence-corrected chi connectivity index (χ0v) is 19.7. The third-order valence-corrected chi connectivity index (χ3v) is 6.81. The fourth-order valence-corrected chi connectivity index (χ4v) is 4.37. The molecule has 0 aliphatic rings. The molecule has 0 aromatic heterocycles. The zero-order chi connectivity index (χ0) is 25.5. The molecule has 9 nitrogen and oxygen atoms in total. The van der Waals surface area contributed by atoms with Crippen LogP contribution in [0.2, 0.25) is 0 Å². The van der Waals surface area contributed by atoms with Gasteiger partial charge in [-0.25, -0.2) is 22.0 Å². The number of esters is 1. The molecule has 2 aromatic carbocycles. The average Bonchev–Trinajstić information content (AvgIpc) is 2.79. The molecule has 0 unspecified atom stereocenters. The van der Waals surface area contributed by atoms with Crippen molar-refractivity contribution >= 4 is 33.5 Å². The van der Waals surface area contributed by atoms with Crippen LogP contribution in [0.25, 0.3) is 0 Å². The monoisotopic (exact) mass is 497 g/mol. The SMILES string of the molecule is CCN(CC)S(=O)(=O)c1ccc(F)c(C(=O)OCC(=O)N(C)CC(=O)Nc2ccc(F)cc2)c1. The van der Waals surface area contributed by atoms with Crippen LogP contribution >= 0.6 is 0 Å². The molecule has 0 spiro atoms. The van der Waals surface area contributed by atoms with Crippen molar-refractivity contribution in [1.82, 2.24) is 9.21 Å². The highest BCUT2D eigenvalue weighted by molar-refractivity contribution is 7.89. The van der Waals surface area contributed by atoms with Crippen LogP contribution in [-0.4, -0.2) is 68.7 Å². The van der Waals surface area contributed by atoms with Crippen LogP contribution in [0.1, 0.15) is 24.2 Å². The molecule has 0 aliphatic heterocycles. The van der Waals surface area contributed by atoms with Crippen LogP contribution in [-0.2, 0) is 24.3 Å². The molecule has 34 heavy (non-hydrogen) atoms. The summed E-state index contributed by atoms with van der Waals surface area (Å²) in [5, 5.41) is 2.47. The standard InChI is InChI=1S/C22H25F2N3O6S/c1-4-27(5-2)34(31,32)17-10-11-19(24)18(12-17)22(30)33-14-21(29)26(3)13-20(28)25-16-8-6-15(23)7-9-16/h6-12H,4-5,13-14H2,1-3H3,(H,25,28). The lowest BCUT2D eigenvalue weighted by Gasteiger charge is -2.19. The molecule has 0 bridgehead atoms. The number of benzene rings is 2. The number of nitrogens with one attached hydrogen (secondary N) is 1. The van der Waals surface area contributed by atoms with E-state index in [1.165, 1.54) is 19.2 Å². The molecule has 184 valence electrons. The van der Waals surface area contributed by atoms with E-state index in [0.717, 1.165) is 39.5 Å². The van der Waals surface area contributed by atoms with E-state index in [9.17, 15) is 31.6 Å². The normalized spacial score (nSPS) is 11.2. The number of amides is 2. The number of hydrogen-bond acceptors (Lipinski definition) is 6. The smallest absolute Gasteiger partial charge is 0.341 e. The summed E-state index contributed by atoms with van der Waals surface area (Å²) in [5.41, 5.74) is -0.313. The second kappa shape index (κ2) is 11.7. The highest BCUT2D eigenvalue weighted by atomic mass is 32.2. The first-order valence-electron chi connectivity index (χ1n) is 10.3.